The molecule has 3 heterocycles. The highest BCUT2D eigenvalue weighted by Crippen LogP contribution is 2.27. The maximum absolute atomic E-state index is 11.0. The van der Waals surface area contributed by atoms with E-state index in [4.69, 9.17) is 5.11 Å². The number of rotatable bonds is 2. The molecule has 0 bridgehead atoms. The van der Waals surface area contributed by atoms with E-state index in [1.54, 1.807) is 16.9 Å². The Balaban J connectivity index is 1.91. The molecule has 1 aliphatic rings. The van der Waals surface area contributed by atoms with Gasteiger partial charge < -0.3 is 10.0 Å². The van der Waals surface area contributed by atoms with Gasteiger partial charge in [-0.25, -0.2) is 0 Å². The summed E-state index contributed by atoms with van der Waals surface area (Å²) in [6.45, 7) is 2.68. The molecule has 1 fully saturated rings. The molecule has 8 nitrogen and oxygen atoms in total. The standard InChI is InChI=1S/C11H14N6O2/c1-7-4-8(11(18)19)2-3-16(7)10-6-12-5-9-13-14-15-17(9)10/h5-8H,2-4H2,1H3,(H,18,19). The highest BCUT2D eigenvalue weighted by atomic mass is 16.4. The Bertz CT molecular complexity index is 612. The lowest BCUT2D eigenvalue weighted by Gasteiger charge is -2.37. The maximum Gasteiger partial charge on any atom is 0.306 e. The van der Waals surface area contributed by atoms with E-state index in [-0.39, 0.29) is 12.0 Å². The Morgan fingerprint density at radius 2 is 2.32 bits per heavy atom. The van der Waals surface area contributed by atoms with E-state index in [2.05, 4.69) is 25.4 Å². The molecule has 2 unspecified atom stereocenters. The third-order valence-electron chi connectivity index (χ3n) is 3.61. The number of anilines is 1. The van der Waals surface area contributed by atoms with Crippen molar-refractivity contribution < 1.29 is 9.90 Å². The first-order chi connectivity index (χ1) is 9.16. The quantitative estimate of drug-likeness (QED) is 0.826. The zero-order valence-corrected chi connectivity index (χ0v) is 10.5. The molecule has 0 amide bonds. The Morgan fingerprint density at radius 3 is 3.05 bits per heavy atom. The molecule has 2 aromatic rings. The Hall–Kier alpha value is -2.25. The van der Waals surface area contributed by atoms with Gasteiger partial charge >= 0.3 is 5.97 Å². The summed E-state index contributed by atoms with van der Waals surface area (Å²) >= 11 is 0. The Kier molecular flexibility index (Phi) is 2.77. The van der Waals surface area contributed by atoms with Gasteiger partial charge in [0.1, 0.15) is 0 Å². The summed E-state index contributed by atoms with van der Waals surface area (Å²) in [5.74, 6) is -0.184. The molecular formula is C11H14N6O2. The molecule has 2 aromatic heterocycles. The first kappa shape index (κ1) is 11.8. The predicted octanol–water partition coefficient (Wildman–Crippen LogP) is 0.209. The highest BCUT2D eigenvalue weighted by Gasteiger charge is 2.31. The second-order valence-electron chi connectivity index (χ2n) is 4.82. The van der Waals surface area contributed by atoms with Gasteiger partial charge in [-0.1, -0.05) is 0 Å². The largest absolute Gasteiger partial charge is 0.481 e. The van der Waals surface area contributed by atoms with E-state index >= 15 is 0 Å². The van der Waals surface area contributed by atoms with Crippen LogP contribution in [0, 0.1) is 5.92 Å². The van der Waals surface area contributed by atoms with Crippen LogP contribution in [0.1, 0.15) is 19.8 Å². The zero-order valence-electron chi connectivity index (χ0n) is 10.5. The second-order valence-corrected chi connectivity index (χ2v) is 4.82. The summed E-state index contributed by atoms with van der Waals surface area (Å²) < 4.78 is 1.63. The summed E-state index contributed by atoms with van der Waals surface area (Å²) in [7, 11) is 0. The van der Waals surface area contributed by atoms with Crippen molar-refractivity contribution in [1.82, 2.24) is 25.0 Å². The van der Waals surface area contributed by atoms with Gasteiger partial charge in [0.2, 0.25) is 0 Å². The van der Waals surface area contributed by atoms with Gasteiger partial charge in [0.05, 0.1) is 18.3 Å². The van der Waals surface area contributed by atoms with E-state index in [0.717, 1.165) is 5.82 Å². The number of nitrogens with zero attached hydrogens (tertiary/aromatic N) is 6. The number of aromatic nitrogens is 5. The van der Waals surface area contributed by atoms with Crippen molar-refractivity contribution in [3.05, 3.63) is 12.4 Å². The van der Waals surface area contributed by atoms with Crippen LogP contribution in [-0.4, -0.2) is 48.7 Å². The summed E-state index contributed by atoms with van der Waals surface area (Å²) in [6.07, 6.45) is 4.55. The molecule has 2 atom stereocenters. The number of piperidine rings is 1. The molecule has 1 saturated heterocycles. The topological polar surface area (TPSA) is 96.5 Å². The van der Waals surface area contributed by atoms with Gasteiger partial charge in [-0.15, -0.1) is 5.10 Å². The third kappa shape index (κ3) is 1.98. The number of carbonyl (C=O) groups is 1. The zero-order chi connectivity index (χ0) is 13.4. The van der Waals surface area contributed by atoms with Crippen LogP contribution in [0.2, 0.25) is 0 Å². The van der Waals surface area contributed by atoms with Crippen LogP contribution in [0.25, 0.3) is 5.65 Å². The van der Waals surface area contributed by atoms with Crippen LogP contribution in [0.5, 0.6) is 0 Å². The molecule has 0 spiro atoms. The van der Waals surface area contributed by atoms with Crippen molar-refractivity contribution in [2.75, 3.05) is 11.4 Å². The van der Waals surface area contributed by atoms with E-state index in [9.17, 15) is 4.79 Å². The van der Waals surface area contributed by atoms with Gasteiger partial charge in [0, 0.05) is 12.6 Å². The summed E-state index contributed by atoms with van der Waals surface area (Å²) in [4.78, 5) is 17.3. The summed E-state index contributed by atoms with van der Waals surface area (Å²) in [5, 5.41) is 20.5. The van der Waals surface area contributed by atoms with Crippen LogP contribution in [0.4, 0.5) is 5.82 Å². The molecule has 1 N–H and O–H groups in total. The number of carboxylic acids is 1. The molecule has 0 saturated carbocycles. The van der Waals surface area contributed by atoms with E-state index in [1.807, 2.05) is 6.92 Å². The average molecular weight is 262 g/mol. The molecule has 0 aromatic carbocycles. The van der Waals surface area contributed by atoms with Crippen molar-refractivity contribution >= 4 is 17.4 Å². The fraction of sp³-hybridized carbons (Fsp3) is 0.545. The monoisotopic (exact) mass is 262 g/mol. The number of hydrogen-bond donors (Lipinski definition) is 1. The minimum Gasteiger partial charge on any atom is -0.481 e. The molecule has 8 heteroatoms. The molecule has 0 aliphatic carbocycles. The van der Waals surface area contributed by atoms with E-state index in [0.29, 0.717) is 25.0 Å². The Morgan fingerprint density at radius 1 is 1.47 bits per heavy atom. The molecule has 1 aliphatic heterocycles. The van der Waals surface area contributed by atoms with Gasteiger partial charge in [-0.2, -0.15) is 4.52 Å². The summed E-state index contributed by atoms with van der Waals surface area (Å²) in [6, 6.07) is 0.117. The van der Waals surface area contributed by atoms with Crippen LogP contribution >= 0.6 is 0 Å². The third-order valence-corrected chi connectivity index (χ3v) is 3.61. The first-order valence-electron chi connectivity index (χ1n) is 6.18. The first-order valence-corrected chi connectivity index (χ1v) is 6.18. The number of hydrogen-bond acceptors (Lipinski definition) is 6. The fourth-order valence-corrected chi connectivity index (χ4v) is 2.60. The number of tetrazole rings is 1. The number of fused-ring (bicyclic) bond motifs is 1. The SMILES string of the molecule is CC1CC(C(=O)O)CCN1c1cncc2nnnn12. The van der Waals surface area contributed by atoms with Gasteiger partial charge in [-0.05, 0) is 30.2 Å². The number of carboxylic acid groups (broad SMARTS) is 1. The predicted molar refractivity (Wildman–Crippen MR) is 65.7 cm³/mol. The molecule has 19 heavy (non-hydrogen) atoms. The highest BCUT2D eigenvalue weighted by molar-refractivity contribution is 5.70. The average Bonchev–Trinajstić information content (AvgIpc) is 2.86. The molecule has 3 rings (SSSR count). The van der Waals surface area contributed by atoms with Gasteiger partial charge in [0.25, 0.3) is 0 Å². The van der Waals surface area contributed by atoms with Gasteiger partial charge in [0.15, 0.2) is 11.5 Å². The maximum atomic E-state index is 11.0. The second kappa shape index (κ2) is 4.45. The lowest BCUT2D eigenvalue weighted by molar-refractivity contribution is -0.142. The normalized spacial score (nSPS) is 23.7. The molecule has 0 radical (unpaired) electrons. The minimum atomic E-state index is -0.717. The molecular weight excluding hydrogens is 248 g/mol. The van der Waals surface area contributed by atoms with Crippen molar-refractivity contribution in [3.8, 4) is 0 Å². The smallest absolute Gasteiger partial charge is 0.306 e. The molecule has 100 valence electrons. The van der Waals surface area contributed by atoms with Crippen molar-refractivity contribution in [3.63, 3.8) is 0 Å². The van der Waals surface area contributed by atoms with Crippen molar-refractivity contribution in [1.29, 1.82) is 0 Å². The van der Waals surface area contributed by atoms with E-state index in [1.165, 1.54) is 0 Å². The van der Waals surface area contributed by atoms with Crippen molar-refractivity contribution in [2.45, 2.75) is 25.8 Å². The fourth-order valence-electron chi connectivity index (χ4n) is 2.60. The Labute approximate surface area is 109 Å². The van der Waals surface area contributed by atoms with Crippen LogP contribution in [0.3, 0.4) is 0 Å². The lowest BCUT2D eigenvalue weighted by atomic mass is 9.92. The van der Waals surface area contributed by atoms with Crippen molar-refractivity contribution in [2.24, 2.45) is 5.92 Å². The number of aliphatic carboxylic acids is 1. The van der Waals surface area contributed by atoms with Gasteiger partial charge in [-0.3, -0.25) is 9.78 Å². The van der Waals surface area contributed by atoms with Crippen LogP contribution in [0.15, 0.2) is 12.4 Å². The van der Waals surface area contributed by atoms with E-state index < -0.39 is 5.97 Å². The van der Waals surface area contributed by atoms with Crippen LogP contribution in [-0.2, 0) is 4.79 Å². The van der Waals surface area contributed by atoms with Crippen LogP contribution < -0.4 is 4.90 Å². The summed E-state index contributed by atoms with van der Waals surface area (Å²) in [5.41, 5.74) is 0.588. The lowest BCUT2D eigenvalue weighted by Crippen LogP contribution is -2.43. The minimum absolute atomic E-state index is 0.117.